The quantitative estimate of drug-likeness (QED) is 0.765. The number of sulfonamides is 1. The predicted octanol–water partition coefficient (Wildman–Crippen LogP) is 2.20. The van der Waals surface area contributed by atoms with E-state index in [-0.39, 0.29) is 35.5 Å². The Morgan fingerprint density at radius 1 is 1.10 bits per heavy atom. The van der Waals surface area contributed by atoms with Crippen LogP contribution in [0.3, 0.4) is 0 Å². The van der Waals surface area contributed by atoms with Crippen molar-refractivity contribution < 1.29 is 22.4 Å². The minimum Gasteiger partial charge on any atom is -0.350 e. The molecule has 0 aromatic heterocycles. The third-order valence-corrected chi connectivity index (χ3v) is 7.65. The van der Waals surface area contributed by atoms with E-state index >= 15 is 0 Å². The maximum Gasteiger partial charge on any atom is 0.243 e. The van der Waals surface area contributed by atoms with E-state index < -0.39 is 16.1 Å². The lowest BCUT2D eigenvalue weighted by molar-refractivity contribution is -0.125. The smallest absolute Gasteiger partial charge is 0.243 e. The van der Waals surface area contributed by atoms with Gasteiger partial charge in [-0.25, -0.2) is 12.8 Å². The molecule has 0 unspecified atom stereocenters. The van der Waals surface area contributed by atoms with E-state index in [9.17, 15) is 22.4 Å². The van der Waals surface area contributed by atoms with E-state index in [1.54, 1.807) is 24.3 Å². The lowest BCUT2D eigenvalue weighted by Gasteiger charge is -2.23. The number of carbonyl (C=O) groups excluding carboxylic acids is 2. The lowest BCUT2D eigenvalue weighted by atomic mass is 10.1. The summed E-state index contributed by atoms with van der Waals surface area (Å²) >= 11 is 0. The van der Waals surface area contributed by atoms with Crippen LogP contribution in [-0.4, -0.2) is 43.7 Å². The van der Waals surface area contributed by atoms with E-state index in [1.807, 2.05) is 0 Å². The third-order valence-electron chi connectivity index (χ3n) is 5.76. The molecule has 2 aliphatic heterocycles. The van der Waals surface area contributed by atoms with Crippen molar-refractivity contribution in [2.45, 2.75) is 43.7 Å². The largest absolute Gasteiger partial charge is 0.350 e. The normalized spacial score (nSPS) is 18.8. The molecule has 0 saturated carbocycles. The van der Waals surface area contributed by atoms with Gasteiger partial charge in [-0.3, -0.25) is 14.5 Å². The molecule has 2 amide bonds. The first-order valence-corrected chi connectivity index (χ1v) is 11.7. The zero-order valence-electron chi connectivity index (χ0n) is 17.2. The van der Waals surface area contributed by atoms with Gasteiger partial charge in [-0.2, -0.15) is 4.31 Å². The third kappa shape index (κ3) is 4.20. The Morgan fingerprint density at radius 2 is 1.77 bits per heavy atom. The summed E-state index contributed by atoms with van der Waals surface area (Å²) in [5.41, 5.74) is 1.94. The maximum absolute atomic E-state index is 13.1. The molecule has 31 heavy (non-hydrogen) atoms. The molecule has 164 valence electrons. The van der Waals surface area contributed by atoms with Crippen molar-refractivity contribution in [3.63, 3.8) is 0 Å². The average Bonchev–Trinajstić information content (AvgIpc) is 3.41. The van der Waals surface area contributed by atoms with Crippen LogP contribution in [0.15, 0.2) is 47.4 Å². The van der Waals surface area contributed by atoms with Gasteiger partial charge in [0, 0.05) is 38.7 Å². The molecule has 2 heterocycles. The molecule has 1 saturated heterocycles. The Hall–Kier alpha value is -2.78. The first-order chi connectivity index (χ1) is 14.8. The molecule has 1 N–H and O–H groups in total. The highest BCUT2D eigenvalue weighted by Crippen LogP contribution is 2.35. The molecule has 9 heteroatoms. The summed E-state index contributed by atoms with van der Waals surface area (Å²) in [7, 11) is -3.59. The van der Waals surface area contributed by atoms with Gasteiger partial charge in [0.15, 0.2) is 0 Å². The second-order valence-corrected chi connectivity index (χ2v) is 9.79. The van der Waals surface area contributed by atoms with Crippen LogP contribution in [0.1, 0.15) is 30.9 Å². The fraction of sp³-hybridized carbons (Fsp3) is 0.364. The van der Waals surface area contributed by atoms with Crippen LogP contribution >= 0.6 is 0 Å². The van der Waals surface area contributed by atoms with Gasteiger partial charge in [-0.1, -0.05) is 12.1 Å². The van der Waals surface area contributed by atoms with E-state index in [2.05, 4.69) is 5.32 Å². The number of hydrogen-bond donors (Lipinski definition) is 1. The summed E-state index contributed by atoms with van der Waals surface area (Å²) in [6.45, 7) is 2.59. The number of carbonyl (C=O) groups is 2. The molecule has 0 radical (unpaired) electrons. The number of nitrogens with one attached hydrogen (secondary N) is 1. The van der Waals surface area contributed by atoms with Crippen LogP contribution in [0.5, 0.6) is 0 Å². The van der Waals surface area contributed by atoms with Gasteiger partial charge in [0.1, 0.15) is 11.9 Å². The van der Waals surface area contributed by atoms with E-state index in [4.69, 9.17) is 0 Å². The Kier molecular flexibility index (Phi) is 5.81. The van der Waals surface area contributed by atoms with Gasteiger partial charge in [-0.05, 0) is 54.3 Å². The van der Waals surface area contributed by atoms with Crippen LogP contribution in [0, 0.1) is 5.82 Å². The van der Waals surface area contributed by atoms with Crippen LogP contribution in [-0.2, 0) is 32.6 Å². The van der Waals surface area contributed by atoms with Crippen LogP contribution in [0.25, 0.3) is 0 Å². The fourth-order valence-corrected chi connectivity index (χ4v) is 5.74. The van der Waals surface area contributed by atoms with Crippen LogP contribution < -0.4 is 10.2 Å². The molecule has 2 aromatic carbocycles. The number of rotatable bonds is 5. The summed E-state index contributed by atoms with van der Waals surface area (Å²) in [5, 5.41) is 2.79. The Balaban J connectivity index is 1.54. The van der Waals surface area contributed by atoms with Crippen molar-refractivity contribution in [2.24, 2.45) is 0 Å². The average molecular weight is 446 g/mol. The number of hydrogen-bond acceptors (Lipinski definition) is 4. The number of nitrogens with zero attached hydrogens (tertiary/aromatic N) is 2. The summed E-state index contributed by atoms with van der Waals surface area (Å²) in [6.07, 6.45) is 1.92. The predicted molar refractivity (Wildman–Crippen MR) is 113 cm³/mol. The highest BCUT2D eigenvalue weighted by molar-refractivity contribution is 7.89. The minimum absolute atomic E-state index is 0.184. The second kappa shape index (κ2) is 8.39. The molecule has 4 rings (SSSR count). The number of halogens is 1. The van der Waals surface area contributed by atoms with Crippen LogP contribution in [0.4, 0.5) is 10.1 Å². The molecule has 2 aliphatic rings. The van der Waals surface area contributed by atoms with Gasteiger partial charge in [-0.15, -0.1) is 0 Å². The molecule has 1 fully saturated rings. The van der Waals surface area contributed by atoms with Gasteiger partial charge in [0.2, 0.25) is 21.8 Å². The van der Waals surface area contributed by atoms with Crippen molar-refractivity contribution >= 4 is 27.5 Å². The Morgan fingerprint density at radius 3 is 2.42 bits per heavy atom. The molecule has 0 spiro atoms. The van der Waals surface area contributed by atoms with Crippen molar-refractivity contribution in [1.82, 2.24) is 9.62 Å². The second-order valence-electron chi connectivity index (χ2n) is 7.85. The van der Waals surface area contributed by atoms with Crippen molar-refractivity contribution in [2.75, 3.05) is 18.0 Å². The summed E-state index contributed by atoms with van der Waals surface area (Å²) in [4.78, 5) is 26.7. The van der Waals surface area contributed by atoms with Gasteiger partial charge < -0.3 is 5.32 Å². The van der Waals surface area contributed by atoms with Crippen molar-refractivity contribution in [3.05, 3.63) is 59.4 Å². The molecular weight excluding hydrogens is 421 g/mol. The standard InChI is InChI=1S/C22H24FN3O4S/c1-15(27)26-20-9-8-19(31(29,30)25-10-2-3-11-25)12-17(20)13-21(26)22(28)24-14-16-4-6-18(23)7-5-16/h4-9,12,21H,2-3,10-11,13-14H2,1H3,(H,24,28)/t21-/m1/s1. The van der Waals surface area contributed by atoms with Crippen molar-refractivity contribution in [1.29, 1.82) is 0 Å². The number of fused-ring (bicyclic) bond motifs is 1. The Bertz CT molecular complexity index is 1110. The molecule has 7 nitrogen and oxygen atoms in total. The summed E-state index contributed by atoms with van der Waals surface area (Å²) in [6, 6.07) is 9.71. The molecular formula is C22H24FN3O4S. The topological polar surface area (TPSA) is 86.8 Å². The van der Waals surface area contributed by atoms with E-state index in [1.165, 1.54) is 34.3 Å². The SMILES string of the molecule is CC(=O)N1c2ccc(S(=O)(=O)N3CCCC3)cc2C[C@@H]1C(=O)NCc1ccc(F)cc1. The van der Waals surface area contributed by atoms with Crippen LogP contribution in [0.2, 0.25) is 0 Å². The molecule has 0 aliphatic carbocycles. The highest BCUT2D eigenvalue weighted by atomic mass is 32.2. The number of benzene rings is 2. The lowest BCUT2D eigenvalue weighted by Crippen LogP contribution is -2.47. The fourth-order valence-electron chi connectivity index (χ4n) is 4.17. The highest BCUT2D eigenvalue weighted by Gasteiger charge is 2.38. The molecule has 0 bridgehead atoms. The number of anilines is 1. The first-order valence-electron chi connectivity index (χ1n) is 10.2. The monoisotopic (exact) mass is 445 g/mol. The minimum atomic E-state index is -3.59. The van der Waals surface area contributed by atoms with Crippen molar-refractivity contribution in [3.8, 4) is 0 Å². The van der Waals surface area contributed by atoms with E-state index in [0.717, 1.165) is 18.4 Å². The van der Waals surface area contributed by atoms with Gasteiger partial charge >= 0.3 is 0 Å². The summed E-state index contributed by atoms with van der Waals surface area (Å²) in [5.74, 6) is -1.00. The zero-order valence-corrected chi connectivity index (χ0v) is 18.0. The van der Waals surface area contributed by atoms with E-state index in [0.29, 0.717) is 24.3 Å². The zero-order chi connectivity index (χ0) is 22.2. The summed E-state index contributed by atoms with van der Waals surface area (Å²) < 4.78 is 40.3. The molecule has 1 atom stereocenters. The van der Waals surface area contributed by atoms with Gasteiger partial charge in [0.05, 0.1) is 4.90 Å². The number of amides is 2. The maximum atomic E-state index is 13.1. The first kappa shape index (κ1) is 21.5. The Labute approximate surface area is 180 Å². The van der Waals surface area contributed by atoms with Gasteiger partial charge in [0.25, 0.3) is 0 Å². The molecule has 2 aromatic rings.